The maximum atomic E-state index is 12.2. The Morgan fingerprint density at radius 3 is 3.00 bits per heavy atom. The first-order valence-electron chi connectivity index (χ1n) is 6.91. The quantitative estimate of drug-likeness (QED) is 0.859. The van der Waals surface area contributed by atoms with Crippen molar-refractivity contribution >= 4 is 16.8 Å². The van der Waals surface area contributed by atoms with Crippen molar-refractivity contribution in [3.63, 3.8) is 0 Å². The number of ether oxygens (including phenoxy) is 1. The third-order valence-corrected chi connectivity index (χ3v) is 3.71. The van der Waals surface area contributed by atoms with E-state index >= 15 is 0 Å². The van der Waals surface area contributed by atoms with Crippen LogP contribution in [0.25, 0.3) is 10.9 Å². The Bertz CT molecular complexity index is 621. The zero-order chi connectivity index (χ0) is 13.9. The van der Waals surface area contributed by atoms with Crippen LogP contribution >= 0.6 is 0 Å². The molecule has 1 amide bonds. The van der Waals surface area contributed by atoms with Gasteiger partial charge in [-0.3, -0.25) is 9.78 Å². The van der Waals surface area contributed by atoms with E-state index in [1.807, 2.05) is 37.4 Å². The van der Waals surface area contributed by atoms with E-state index in [-0.39, 0.29) is 11.8 Å². The van der Waals surface area contributed by atoms with Gasteiger partial charge in [0.05, 0.1) is 30.3 Å². The molecule has 1 atom stereocenters. The molecule has 3 rings (SSSR count). The molecule has 0 radical (unpaired) electrons. The molecule has 0 aliphatic carbocycles. The van der Waals surface area contributed by atoms with Gasteiger partial charge in [0.1, 0.15) is 0 Å². The van der Waals surface area contributed by atoms with Crippen LogP contribution in [0.3, 0.4) is 0 Å². The first kappa shape index (κ1) is 13.1. The molecule has 4 heteroatoms. The van der Waals surface area contributed by atoms with Crippen LogP contribution in [0, 0.1) is 5.92 Å². The smallest absolute Gasteiger partial charge is 0.228 e. The largest absolute Gasteiger partial charge is 0.381 e. The molecule has 4 nitrogen and oxygen atoms in total. The number of pyridine rings is 1. The number of fused-ring (bicyclic) bond motifs is 1. The van der Waals surface area contributed by atoms with Gasteiger partial charge < -0.3 is 9.64 Å². The zero-order valence-electron chi connectivity index (χ0n) is 11.6. The van der Waals surface area contributed by atoms with Crippen molar-refractivity contribution in [2.75, 3.05) is 20.3 Å². The summed E-state index contributed by atoms with van der Waals surface area (Å²) < 4.78 is 5.27. The van der Waals surface area contributed by atoms with E-state index in [0.717, 1.165) is 23.0 Å². The summed E-state index contributed by atoms with van der Waals surface area (Å²) >= 11 is 0. The summed E-state index contributed by atoms with van der Waals surface area (Å²) in [5, 5.41) is 1.12. The summed E-state index contributed by atoms with van der Waals surface area (Å²) in [5.74, 6) is 0.165. The average Bonchev–Trinajstić information content (AvgIpc) is 3.00. The van der Waals surface area contributed by atoms with Gasteiger partial charge >= 0.3 is 0 Å². The Labute approximate surface area is 118 Å². The van der Waals surface area contributed by atoms with E-state index in [2.05, 4.69) is 11.1 Å². The number of para-hydroxylation sites is 1. The number of nitrogens with zero attached hydrogens (tertiary/aromatic N) is 2. The predicted octanol–water partition coefficient (Wildman–Crippen LogP) is 2.23. The van der Waals surface area contributed by atoms with Crippen LogP contribution in [0.2, 0.25) is 0 Å². The fraction of sp³-hybridized carbons (Fsp3) is 0.375. The molecule has 1 aromatic carbocycles. The van der Waals surface area contributed by atoms with Gasteiger partial charge in [0.25, 0.3) is 0 Å². The molecule has 1 aliphatic rings. The van der Waals surface area contributed by atoms with Gasteiger partial charge in [0.2, 0.25) is 5.91 Å². The molecular formula is C16H18N2O2. The Balaban J connectivity index is 1.73. The highest BCUT2D eigenvalue weighted by molar-refractivity contribution is 5.80. The Hall–Kier alpha value is -1.94. The molecule has 2 heterocycles. The van der Waals surface area contributed by atoms with Crippen molar-refractivity contribution < 1.29 is 9.53 Å². The molecular weight excluding hydrogens is 252 g/mol. The van der Waals surface area contributed by atoms with Crippen molar-refractivity contribution in [2.45, 2.75) is 13.0 Å². The number of benzene rings is 1. The minimum atomic E-state index is 0.0143. The normalized spacial score (nSPS) is 18.4. The maximum Gasteiger partial charge on any atom is 0.228 e. The number of aromatic nitrogens is 1. The van der Waals surface area contributed by atoms with E-state index in [1.165, 1.54) is 0 Å². The molecule has 104 valence electrons. The second-order valence-corrected chi connectivity index (χ2v) is 5.25. The molecule has 1 fully saturated rings. The van der Waals surface area contributed by atoms with E-state index in [9.17, 15) is 4.79 Å². The van der Waals surface area contributed by atoms with Crippen LogP contribution in [0.1, 0.15) is 12.1 Å². The van der Waals surface area contributed by atoms with Gasteiger partial charge in [-0.05, 0) is 18.6 Å². The average molecular weight is 270 g/mol. The van der Waals surface area contributed by atoms with Gasteiger partial charge in [-0.15, -0.1) is 0 Å². The van der Waals surface area contributed by atoms with Crippen LogP contribution in [0.4, 0.5) is 0 Å². The lowest BCUT2D eigenvalue weighted by Gasteiger charge is -2.20. The molecule has 1 aliphatic heterocycles. The summed E-state index contributed by atoms with van der Waals surface area (Å²) in [5.41, 5.74) is 1.88. The zero-order valence-corrected chi connectivity index (χ0v) is 11.6. The highest BCUT2D eigenvalue weighted by Gasteiger charge is 2.26. The lowest BCUT2D eigenvalue weighted by Crippen LogP contribution is -2.33. The topological polar surface area (TPSA) is 42.4 Å². The molecule has 0 bridgehead atoms. The Morgan fingerprint density at radius 2 is 2.20 bits per heavy atom. The van der Waals surface area contributed by atoms with E-state index in [0.29, 0.717) is 19.8 Å². The molecule has 0 saturated carbocycles. The van der Waals surface area contributed by atoms with Gasteiger partial charge in [-0.2, -0.15) is 0 Å². The minimum Gasteiger partial charge on any atom is -0.381 e. The maximum absolute atomic E-state index is 12.2. The van der Waals surface area contributed by atoms with Crippen LogP contribution in [0.15, 0.2) is 36.4 Å². The number of carbonyl (C=O) groups is 1. The molecule has 1 saturated heterocycles. The fourth-order valence-electron chi connectivity index (χ4n) is 2.56. The van der Waals surface area contributed by atoms with Gasteiger partial charge in [-0.25, -0.2) is 0 Å². The Kier molecular flexibility index (Phi) is 3.65. The predicted molar refractivity (Wildman–Crippen MR) is 77.1 cm³/mol. The second kappa shape index (κ2) is 5.59. The van der Waals surface area contributed by atoms with E-state index < -0.39 is 0 Å². The second-order valence-electron chi connectivity index (χ2n) is 5.25. The first-order chi connectivity index (χ1) is 9.74. The molecule has 0 N–H and O–H groups in total. The highest BCUT2D eigenvalue weighted by Crippen LogP contribution is 2.17. The number of carbonyl (C=O) groups excluding carboxylic acids is 1. The van der Waals surface area contributed by atoms with Gasteiger partial charge in [0, 0.05) is 19.0 Å². The number of hydrogen-bond donors (Lipinski definition) is 0. The van der Waals surface area contributed by atoms with E-state index in [1.54, 1.807) is 4.90 Å². The number of rotatable bonds is 3. The molecule has 0 unspecified atom stereocenters. The number of hydrogen-bond acceptors (Lipinski definition) is 3. The molecule has 1 aromatic heterocycles. The molecule has 20 heavy (non-hydrogen) atoms. The standard InChI is InChI=1S/C16H18N2O2/c1-18(16(19)13-8-9-20-11-13)10-14-7-6-12-4-2-3-5-15(12)17-14/h2-7,13H,8-11H2,1H3/t13-/m0/s1. The Morgan fingerprint density at radius 1 is 1.35 bits per heavy atom. The van der Waals surface area contributed by atoms with Crippen LogP contribution in [-0.2, 0) is 16.1 Å². The SMILES string of the molecule is CN(Cc1ccc2ccccc2n1)C(=O)[C@H]1CCOC1. The third kappa shape index (κ3) is 2.65. The van der Waals surface area contributed by atoms with Crippen molar-refractivity contribution in [1.82, 2.24) is 9.88 Å². The monoisotopic (exact) mass is 270 g/mol. The fourth-order valence-corrected chi connectivity index (χ4v) is 2.56. The van der Waals surface area contributed by atoms with Crippen LogP contribution in [-0.4, -0.2) is 36.1 Å². The summed E-state index contributed by atoms with van der Waals surface area (Å²) in [4.78, 5) is 18.6. The first-order valence-corrected chi connectivity index (χ1v) is 6.91. The van der Waals surface area contributed by atoms with Gasteiger partial charge in [-0.1, -0.05) is 24.3 Å². The molecule has 0 spiro atoms. The summed E-state index contributed by atoms with van der Waals surface area (Å²) in [6.45, 7) is 1.78. The summed E-state index contributed by atoms with van der Waals surface area (Å²) in [6.07, 6.45) is 0.828. The molecule has 2 aromatic rings. The summed E-state index contributed by atoms with van der Waals surface area (Å²) in [6, 6.07) is 12.0. The van der Waals surface area contributed by atoms with Crippen LogP contribution < -0.4 is 0 Å². The lowest BCUT2D eigenvalue weighted by atomic mass is 10.1. The van der Waals surface area contributed by atoms with Crippen molar-refractivity contribution in [3.8, 4) is 0 Å². The van der Waals surface area contributed by atoms with E-state index in [4.69, 9.17) is 4.74 Å². The summed E-state index contributed by atoms with van der Waals surface area (Å²) in [7, 11) is 1.83. The van der Waals surface area contributed by atoms with Gasteiger partial charge in [0.15, 0.2) is 0 Å². The highest BCUT2D eigenvalue weighted by atomic mass is 16.5. The minimum absolute atomic E-state index is 0.0143. The number of amides is 1. The van der Waals surface area contributed by atoms with Crippen molar-refractivity contribution in [2.24, 2.45) is 5.92 Å². The van der Waals surface area contributed by atoms with Crippen LogP contribution in [0.5, 0.6) is 0 Å². The van der Waals surface area contributed by atoms with Crippen molar-refractivity contribution in [1.29, 1.82) is 0 Å². The third-order valence-electron chi connectivity index (χ3n) is 3.71. The van der Waals surface area contributed by atoms with Crippen molar-refractivity contribution in [3.05, 3.63) is 42.1 Å². The lowest BCUT2D eigenvalue weighted by molar-refractivity contribution is -0.134.